The van der Waals surface area contributed by atoms with E-state index in [0.29, 0.717) is 44.8 Å². The van der Waals surface area contributed by atoms with Crippen LogP contribution in [0, 0.1) is 0 Å². The minimum Gasteiger partial charge on any atom is -0.458 e. The SMILES string of the molecule is CC[C@@]1(O)C(=O)OCc2c1cc1n(c2=O)Cc2cc3c(NC(=O)OCc4ccc(NC(=O)OC5OC(C)C(O)C(O)C5O)cc4)cccc3nc2-1. The quantitative estimate of drug-likeness (QED) is 0.110. The second kappa shape index (κ2) is 13.1. The van der Waals surface area contributed by atoms with Gasteiger partial charge in [0.1, 0.15) is 31.5 Å². The molecule has 2 amide bonds. The highest BCUT2D eigenvalue weighted by Crippen LogP contribution is 2.39. The summed E-state index contributed by atoms with van der Waals surface area (Å²) >= 11 is 0. The average molecular weight is 703 g/mol. The van der Waals surface area contributed by atoms with E-state index in [2.05, 4.69) is 10.6 Å². The molecule has 4 aromatic rings. The van der Waals surface area contributed by atoms with Gasteiger partial charge in [0.15, 0.2) is 5.60 Å². The maximum absolute atomic E-state index is 13.5. The Hall–Kier alpha value is -5.39. The van der Waals surface area contributed by atoms with Gasteiger partial charge in [-0.3, -0.25) is 15.4 Å². The third-order valence-electron chi connectivity index (χ3n) is 9.39. The standard InChI is InChI=1S/C35H34N4O12/c1-3-35(47)22-12-25-26-18(13-39(25)30(43)21(22)15-48-32(35)44)11-20-23(37-26)5-4-6-24(20)38-33(45)49-14-17-7-9-19(10-8-17)36-34(46)51-31-29(42)28(41)27(40)16(2)50-31/h4-12,16,27-29,31,40-42,47H,3,13-15H2,1-2H3,(H,36,46)(H,38,45)/t16?,27?,28?,29?,31?,35-/m0/s1. The highest BCUT2D eigenvalue weighted by atomic mass is 16.7. The van der Waals surface area contributed by atoms with Gasteiger partial charge in [-0.25, -0.2) is 19.4 Å². The van der Waals surface area contributed by atoms with Crippen LogP contribution in [0.3, 0.4) is 0 Å². The first-order valence-corrected chi connectivity index (χ1v) is 16.2. The number of ether oxygens (including phenoxy) is 4. The van der Waals surface area contributed by atoms with Gasteiger partial charge in [0.25, 0.3) is 5.56 Å². The lowest BCUT2D eigenvalue weighted by atomic mass is 9.86. The number of esters is 1. The van der Waals surface area contributed by atoms with Crippen molar-refractivity contribution in [1.82, 2.24) is 9.55 Å². The van der Waals surface area contributed by atoms with Crippen LogP contribution in [0.2, 0.25) is 0 Å². The number of nitrogens with zero attached hydrogens (tertiary/aromatic N) is 2. The summed E-state index contributed by atoms with van der Waals surface area (Å²) < 4.78 is 22.4. The fraction of sp³-hybridized carbons (Fsp3) is 0.343. The van der Waals surface area contributed by atoms with E-state index in [4.69, 9.17) is 23.9 Å². The molecule has 51 heavy (non-hydrogen) atoms. The van der Waals surface area contributed by atoms with Gasteiger partial charge in [-0.2, -0.15) is 0 Å². The molecule has 0 saturated carbocycles. The number of nitrogens with one attached hydrogen (secondary N) is 2. The van der Waals surface area contributed by atoms with E-state index < -0.39 is 54.5 Å². The lowest BCUT2D eigenvalue weighted by molar-refractivity contribution is -0.275. The lowest BCUT2D eigenvalue weighted by Gasteiger charge is -2.38. The molecule has 6 atom stereocenters. The molecule has 0 aliphatic carbocycles. The first-order valence-electron chi connectivity index (χ1n) is 16.2. The van der Waals surface area contributed by atoms with Crippen LogP contribution in [-0.2, 0) is 49.1 Å². The highest BCUT2D eigenvalue weighted by molar-refractivity contribution is 6.00. The number of aliphatic hydroxyl groups is 4. The molecule has 7 rings (SSSR count). The van der Waals surface area contributed by atoms with Crippen molar-refractivity contribution in [3.63, 3.8) is 0 Å². The van der Waals surface area contributed by atoms with E-state index in [1.807, 2.05) is 6.07 Å². The zero-order valence-electron chi connectivity index (χ0n) is 27.4. The molecular weight excluding hydrogens is 668 g/mol. The van der Waals surface area contributed by atoms with Crippen molar-refractivity contribution in [3.8, 4) is 11.4 Å². The van der Waals surface area contributed by atoms with Crippen LogP contribution in [0.5, 0.6) is 0 Å². The summed E-state index contributed by atoms with van der Waals surface area (Å²) in [6, 6.07) is 14.9. The second-order valence-corrected chi connectivity index (χ2v) is 12.6. The zero-order chi connectivity index (χ0) is 36.2. The van der Waals surface area contributed by atoms with Crippen molar-refractivity contribution in [1.29, 1.82) is 0 Å². The van der Waals surface area contributed by atoms with Crippen LogP contribution in [0.25, 0.3) is 22.3 Å². The number of aromatic nitrogens is 2. The van der Waals surface area contributed by atoms with E-state index in [1.165, 1.54) is 11.5 Å². The van der Waals surface area contributed by atoms with Crippen LogP contribution in [-0.4, -0.2) is 78.8 Å². The van der Waals surface area contributed by atoms with Crippen molar-refractivity contribution < 1.29 is 53.8 Å². The summed E-state index contributed by atoms with van der Waals surface area (Å²) in [6.07, 6.45) is -8.54. The number of carbonyl (C=O) groups excluding carboxylic acids is 3. The normalized spacial score (nSPS) is 24.9. The van der Waals surface area contributed by atoms with Gasteiger partial charge in [-0.15, -0.1) is 0 Å². The topological polar surface area (TPSA) is 228 Å². The summed E-state index contributed by atoms with van der Waals surface area (Å²) in [5.41, 5.74) is 1.75. The van der Waals surface area contributed by atoms with E-state index in [1.54, 1.807) is 55.5 Å². The van der Waals surface area contributed by atoms with Crippen LogP contribution in [0.15, 0.2) is 59.4 Å². The Morgan fingerprint density at radius 1 is 1.02 bits per heavy atom. The Morgan fingerprint density at radius 3 is 2.53 bits per heavy atom. The average Bonchev–Trinajstić information content (AvgIpc) is 3.48. The summed E-state index contributed by atoms with van der Waals surface area (Å²) in [5.74, 6) is -0.797. The zero-order valence-corrected chi connectivity index (χ0v) is 27.4. The molecule has 0 spiro atoms. The Morgan fingerprint density at radius 2 is 1.78 bits per heavy atom. The predicted octanol–water partition coefficient (Wildman–Crippen LogP) is 2.20. The molecule has 5 unspecified atom stereocenters. The number of benzene rings is 2. The minimum absolute atomic E-state index is 0.0346. The molecular formula is C35H34N4O12. The van der Waals surface area contributed by atoms with Gasteiger partial charge in [0.2, 0.25) is 6.29 Å². The Balaban J connectivity index is 1.00. The summed E-state index contributed by atoms with van der Waals surface area (Å²) in [6.45, 7) is 2.97. The van der Waals surface area contributed by atoms with Gasteiger partial charge in [0.05, 0.1) is 40.8 Å². The molecule has 3 aliphatic heterocycles. The van der Waals surface area contributed by atoms with E-state index in [0.717, 1.165) is 0 Å². The van der Waals surface area contributed by atoms with Gasteiger partial charge in [-0.1, -0.05) is 25.1 Å². The van der Waals surface area contributed by atoms with Gasteiger partial charge >= 0.3 is 18.2 Å². The third kappa shape index (κ3) is 6.06. The smallest absolute Gasteiger partial charge is 0.414 e. The number of hydrogen-bond donors (Lipinski definition) is 6. The molecule has 0 bridgehead atoms. The predicted molar refractivity (Wildman–Crippen MR) is 177 cm³/mol. The molecule has 16 nitrogen and oxygen atoms in total. The molecule has 3 aliphatic rings. The Bertz CT molecular complexity index is 2120. The second-order valence-electron chi connectivity index (χ2n) is 12.6. The maximum Gasteiger partial charge on any atom is 0.414 e. The van der Waals surface area contributed by atoms with Gasteiger partial charge < -0.3 is 43.9 Å². The lowest BCUT2D eigenvalue weighted by Crippen LogP contribution is -2.57. The van der Waals surface area contributed by atoms with Crippen molar-refractivity contribution in [3.05, 3.63) is 87.2 Å². The van der Waals surface area contributed by atoms with Crippen molar-refractivity contribution in [2.45, 2.75) is 76.3 Å². The molecule has 16 heteroatoms. The summed E-state index contributed by atoms with van der Waals surface area (Å²) in [4.78, 5) is 55.9. The largest absolute Gasteiger partial charge is 0.458 e. The number of rotatable bonds is 6. The Labute approximate surface area is 289 Å². The number of cyclic esters (lactones) is 1. The number of hydrogen-bond acceptors (Lipinski definition) is 13. The molecule has 2 aromatic carbocycles. The van der Waals surface area contributed by atoms with Crippen LogP contribution in [0.1, 0.15) is 42.5 Å². The number of pyridine rings is 2. The van der Waals surface area contributed by atoms with Crippen LogP contribution in [0.4, 0.5) is 21.0 Å². The number of fused-ring (bicyclic) bond motifs is 5. The number of anilines is 2. The molecule has 1 saturated heterocycles. The minimum atomic E-state index is -1.93. The number of amides is 2. The van der Waals surface area contributed by atoms with Crippen LogP contribution >= 0.6 is 0 Å². The van der Waals surface area contributed by atoms with E-state index >= 15 is 0 Å². The highest BCUT2D eigenvalue weighted by Gasteiger charge is 2.46. The molecule has 0 radical (unpaired) electrons. The number of aliphatic hydroxyl groups excluding tert-OH is 3. The number of carbonyl (C=O) groups is 3. The fourth-order valence-corrected chi connectivity index (χ4v) is 6.45. The van der Waals surface area contributed by atoms with Crippen molar-refractivity contribution in [2.75, 3.05) is 10.6 Å². The third-order valence-corrected chi connectivity index (χ3v) is 9.39. The van der Waals surface area contributed by atoms with Crippen LogP contribution < -0.4 is 16.2 Å². The van der Waals surface area contributed by atoms with Gasteiger partial charge in [-0.05, 0) is 55.3 Å². The maximum atomic E-state index is 13.5. The van der Waals surface area contributed by atoms with Crippen molar-refractivity contribution >= 4 is 40.4 Å². The monoisotopic (exact) mass is 702 g/mol. The molecule has 1 fully saturated rings. The van der Waals surface area contributed by atoms with E-state index in [9.17, 15) is 39.6 Å². The first-order chi connectivity index (χ1) is 24.4. The molecule has 5 heterocycles. The molecule has 6 N–H and O–H groups in total. The molecule has 266 valence electrons. The Kier molecular flexibility index (Phi) is 8.72. The van der Waals surface area contributed by atoms with E-state index in [-0.39, 0.29) is 42.9 Å². The summed E-state index contributed by atoms with van der Waals surface area (Å²) in [5, 5.41) is 46.7. The molecule has 2 aromatic heterocycles. The van der Waals surface area contributed by atoms with Crippen molar-refractivity contribution in [2.24, 2.45) is 0 Å². The summed E-state index contributed by atoms with van der Waals surface area (Å²) in [7, 11) is 0. The van der Waals surface area contributed by atoms with Gasteiger partial charge in [0, 0.05) is 22.2 Å². The fourth-order valence-electron chi connectivity index (χ4n) is 6.45. The first kappa shape index (κ1) is 34.1.